The molecule has 0 atom stereocenters. The van der Waals surface area contributed by atoms with E-state index >= 15 is 0 Å². The number of hydrogen-bond acceptors (Lipinski definition) is 4. The van der Waals surface area contributed by atoms with Gasteiger partial charge in [0.1, 0.15) is 0 Å². The van der Waals surface area contributed by atoms with Gasteiger partial charge in [-0.1, -0.05) is 19.0 Å². The molecule has 2 aromatic heterocycles. The maximum Gasteiger partial charge on any atom is 0.435 e. The molecular weight excluding hydrogens is 464 g/mol. The Balaban J connectivity index is 0.00000338. The molecule has 0 aliphatic rings. The van der Waals surface area contributed by atoms with E-state index < -0.39 is 11.9 Å². The number of guanidine groups is 1. The van der Waals surface area contributed by atoms with E-state index in [2.05, 4.69) is 25.9 Å². The minimum atomic E-state index is -4.50. The lowest BCUT2D eigenvalue weighted by molar-refractivity contribution is -0.142. The molecule has 7 nitrogen and oxygen atoms in total. The second-order valence-electron chi connectivity index (χ2n) is 5.83. The summed E-state index contributed by atoms with van der Waals surface area (Å²) in [5.74, 6) is 1.21. The molecule has 146 valence electrons. The van der Waals surface area contributed by atoms with Crippen molar-refractivity contribution in [1.82, 2.24) is 25.6 Å². The number of nitrogens with one attached hydrogen (secondary N) is 2. The zero-order valence-corrected chi connectivity index (χ0v) is 17.2. The highest BCUT2D eigenvalue weighted by molar-refractivity contribution is 14.0. The SMILES string of the molecule is CN=C(NCc1cc(C(C)C)no1)NCc1cn(C)nc1C(F)(F)F.I. The van der Waals surface area contributed by atoms with Crippen LogP contribution in [0.2, 0.25) is 0 Å². The fraction of sp³-hybridized carbons (Fsp3) is 0.533. The van der Waals surface area contributed by atoms with Crippen LogP contribution < -0.4 is 10.6 Å². The second kappa shape index (κ2) is 9.24. The fourth-order valence-electron chi connectivity index (χ4n) is 2.16. The van der Waals surface area contributed by atoms with Gasteiger partial charge in [0.25, 0.3) is 0 Å². The van der Waals surface area contributed by atoms with Gasteiger partial charge in [-0.2, -0.15) is 18.3 Å². The van der Waals surface area contributed by atoms with Crippen LogP contribution in [0.1, 0.15) is 42.5 Å². The number of nitrogens with zero attached hydrogens (tertiary/aromatic N) is 4. The van der Waals surface area contributed by atoms with Crippen molar-refractivity contribution < 1.29 is 17.7 Å². The topological polar surface area (TPSA) is 80.3 Å². The Morgan fingerprint density at radius 3 is 2.50 bits per heavy atom. The first-order valence-corrected chi connectivity index (χ1v) is 7.70. The van der Waals surface area contributed by atoms with E-state index in [1.807, 2.05) is 19.9 Å². The van der Waals surface area contributed by atoms with E-state index in [1.165, 1.54) is 20.3 Å². The van der Waals surface area contributed by atoms with Crippen LogP contribution in [0.15, 0.2) is 21.8 Å². The average Bonchev–Trinajstić information content (AvgIpc) is 3.13. The smallest absolute Gasteiger partial charge is 0.359 e. The maximum absolute atomic E-state index is 12.9. The summed E-state index contributed by atoms with van der Waals surface area (Å²) in [5, 5.41) is 13.2. The molecule has 2 N–H and O–H groups in total. The Morgan fingerprint density at radius 1 is 1.31 bits per heavy atom. The van der Waals surface area contributed by atoms with E-state index in [9.17, 15) is 13.2 Å². The van der Waals surface area contributed by atoms with Gasteiger partial charge in [0.15, 0.2) is 17.4 Å². The van der Waals surface area contributed by atoms with Gasteiger partial charge in [-0.25, -0.2) is 0 Å². The van der Waals surface area contributed by atoms with Gasteiger partial charge in [0, 0.05) is 38.5 Å². The molecule has 0 unspecified atom stereocenters. The second-order valence-corrected chi connectivity index (χ2v) is 5.83. The number of rotatable bonds is 5. The molecule has 0 bridgehead atoms. The summed E-state index contributed by atoms with van der Waals surface area (Å²) in [6, 6.07) is 1.83. The molecule has 0 amide bonds. The largest absolute Gasteiger partial charge is 0.435 e. The number of aromatic nitrogens is 3. The Bertz CT molecular complexity index is 738. The van der Waals surface area contributed by atoms with Crippen molar-refractivity contribution in [3.05, 3.63) is 35.0 Å². The summed E-state index contributed by atoms with van der Waals surface area (Å²) < 4.78 is 45.1. The molecule has 0 aliphatic carbocycles. The zero-order valence-electron chi connectivity index (χ0n) is 14.9. The Kier molecular flexibility index (Phi) is 7.90. The minimum Gasteiger partial charge on any atom is -0.359 e. The van der Waals surface area contributed by atoms with Crippen molar-refractivity contribution in [1.29, 1.82) is 0 Å². The van der Waals surface area contributed by atoms with Gasteiger partial charge < -0.3 is 15.2 Å². The summed E-state index contributed by atoms with van der Waals surface area (Å²) in [4.78, 5) is 3.98. The zero-order chi connectivity index (χ0) is 18.6. The highest BCUT2D eigenvalue weighted by Gasteiger charge is 2.36. The van der Waals surface area contributed by atoms with Crippen LogP contribution >= 0.6 is 24.0 Å². The van der Waals surface area contributed by atoms with Crippen molar-refractivity contribution in [2.75, 3.05) is 7.05 Å². The fourth-order valence-corrected chi connectivity index (χ4v) is 2.16. The Labute approximate surface area is 166 Å². The molecular formula is C15H22F3IN6O. The number of hydrogen-bond donors (Lipinski definition) is 2. The molecule has 0 radical (unpaired) electrons. The summed E-state index contributed by atoms with van der Waals surface area (Å²) >= 11 is 0. The number of halogens is 4. The average molecular weight is 486 g/mol. The third-order valence-electron chi connectivity index (χ3n) is 3.44. The van der Waals surface area contributed by atoms with E-state index in [1.54, 1.807) is 0 Å². The van der Waals surface area contributed by atoms with Crippen LogP contribution in [0.25, 0.3) is 0 Å². The molecule has 11 heteroatoms. The summed E-state index contributed by atoms with van der Waals surface area (Å²) in [7, 11) is 2.98. The lowest BCUT2D eigenvalue weighted by Crippen LogP contribution is -2.36. The van der Waals surface area contributed by atoms with Crippen molar-refractivity contribution in [2.45, 2.75) is 39.0 Å². The van der Waals surface area contributed by atoms with Crippen LogP contribution in [0.4, 0.5) is 13.2 Å². The molecule has 0 saturated carbocycles. The van der Waals surface area contributed by atoms with Crippen LogP contribution in [0.3, 0.4) is 0 Å². The quantitative estimate of drug-likeness (QED) is 0.386. The third-order valence-corrected chi connectivity index (χ3v) is 3.44. The molecule has 2 aromatic rings. The molecule has 26 heavy (non-hydrogen) atoms. The lowest BCUT2D eigenvalue weighted by Gasteiger charge is -2.11. The van der Waals surface area contributed by atoms with E-state index in [-0.39, 0.29) is 42.0 Å². The monoisotopic (exact) mass is 486 g/mol. The van der Waals surface area contributed by atoms with Crippen molar-refractivity contribution in [3.8, 4) is 0 Å². The predicted molar refractivity (Wildman–Crippen MR) is 101 cm³/mol. The maximum atomic E-state index is 12.9. The normalized spacial score (nSPS) is 12.2. The van der Waals surface area contributed by atoms with Crippen molar-refractivity contribution in [3.63, 3.8) is 0 Å². The highest BCUT2D eigenvalue weighted by Crippen LogP contribution is 2.30. The molecule has 2 heterocycles. The molecule has 2 rings (SSSR count). The van der Waals surface area contributed by atoms with Gasteiger partial charge in [-0.05, 0) is 5.92 Å². The van der Waals surface area contributed by atoms with E-state index in [0.717, 1.165) is 10.4 Å². The number of alkyl halides is 3. The summed E-state index contributed by atoms with van der Waals surface area (Å²) in [5.41, 5.74) is -0.0283. The first-order chi connectivity index (χ1) is 11.7. The number of aliphatic imine (C=N–C) groups is 1. The first kappa shape index (κ1) is 22.3. The van der Waals surface area contributed by atoms with Crippen molar-refractivity contribution >= 4 is 29.9 Å². The molecule has 0 aliphatic heterocycles. The van der Waals surface area contributed by atoms with E-state index in [4.69, 9.17) is 4.52 Å². The summed E-state index contributed by atoms with van der Waals surface area (Å²) in [6.45, 7) is 4.26. The minimum absolute atomic E-state index is 0. The van der Waals surface area contributed by atoms with Crippen molar-refractivity contribution in [2.24, 2.45) is 12.0 Å². The van der Waals surface area contributed by atoms with Crippen LogP contribution in [-0.2, 0) is 26.3 Å². The van der Waals surface area contributed by atoms with E-state index in [0.29, 0.717) is 18.3 Å². The Morgan fingerprint density at radius 2 is 1.96 bits per heavy atom. The van der Waals surface area contributed by atoms with Gasteiger partial charge in [-0.3, -0.25) is 9.67 Å². The molecule has 0 aromatic carbocycles. The Hall–Kier alpha value is -1.79. The third kappa shape index (κ3) is 5.88. The van der Waals surface area contributed by atoms with Gasteiger partial charge in [-0.15, -0.1) is 24.0 Å². The standard InChI is InChI=1S/C15H21F3N6O.HI/c1-9(2)12-5-11(25-23-12)7-21-14(19-3)20-6-10-8-24(4)22-13(10)15(16,17)18;/h5,8-9H,6-7H2,1-4H3,(H2,19,20,21);1H. The predicted octanol–water partition coefficient (Wildman–Crippen LogP) is 3.03. The first-order valence-electron chi connectivity index (χ1n) is 7.70. The van der Waals surface area contributed by atoms with Crippen LogP contribution in [0.5, 0.6) is 0 Å². The number of aryl methyl sites for hydroxylation is 1. The van der Waals surface area contributed by atoms with Gasteiger partial charge in [0.05, 0.1) is 12.2 Å². The van der Waals surface area contributed by atoms with Crippen LogP contribution in [-0.4, -0.2) is 27.9 Å². The summed E-state index contributed by atoms with van der Waals surface area (Å²) in [6.07, 6.45) is -3.17. The highest BCUT2D eigenvalue weighted by atomic mass is 127. The molecule has 0 saturated heterocycles. The van der Waals surface area contributed by atoms with Gasteiger partial charge in [0.2, 0.25) is 0 Å². The van der Waals surface area contributed by atoms with Crippen LogP contribution in [0, 0.1) is 0 Å². The molecule has 0 fully saturated rings. The lowest BCUT2D eigenvalue weighted by atomic mass is 10.1. The van der Waals surface area contributed by atoms with Gasteiger partial charge >= 0.3 is 6.18 Å². The molecule has 0 spiro atoms.